The van der Waals surface area contributed by atoms with Crippen LogP contribution in [-0.2, 0) is 4.79 Å². The number of allylic oxidation sites excluding steroid dienone is 1. The Balaban J connectivity index is 1.58. The van der Waals surface area contributed by atoms with Crippen LogP contribution in [0.3, 0.4) is 0 Å². The Morgan fingerprint density at radius 3 is 3.04 bits per heavy atom. The third-order valence-electron chi connectivity index (χ3n) is 5.79. The molecular formula is C19H22N6O. The molecule has 0 aromatic carbocycles. The molecule has 2 aromatic rings. The lowest BCUT2D eigenvalue weighted by Crippen LogP contribution is -2.44. The average Bonchev–Trinajstić information content (AvgIpc) is 3.24. The van der Waals surface area contributed by atoms with Gasteiger partial charge in [-0.05, 0) is 31.7 Å². The fraction of sp³-hybridized carbons (Fsp3) is 0.526. The number of nitrogens with zero attached hydrogens (tertiary/aromatic N) is 5. The summed E-state index contributed by atoms with van der Waals surface area (Å²) in [5.74, 6) is 2.97. The minimum absolute atomic E-state index is 0.136. The third kappa shape index (κ3) is 2.73. The second-order valence-corrected chi connectivity index (χ2v) is 7.47. The summed E-state index contributed by atoms with van der Waals surface area (Å²) in [5.41, 5.74) is 2.66. The fourth-order valence-electron chi connectivity index (χ4n) is 4.51. The van der Waals surface area contributed by atoms with Crippen molar-refractivity contribution in [3.63, 3.8) is 0 Å². The molecule has 1 spiro atoms. The van der Waals surface area contributed by atoms with E-state index in [0.717, 1.165) is 67.9 Å². The van der Waals surface area contributed by atoms with Gasteiger partial charge in [0.25, 0.3) is 0 Å². The molecule has 134 valence electrons. The molecule has 7 heteroatoms. The summed E-state index contributed by atoms with van der Waals surface area (Å²) in [6.07, 6.45) is 6.97. The normalized spacial score (nSPS) is 22.6. The zero-order chi connectivity index (χ0) is 18.1. The lowest BCUT2D eigenvalue weighted by atomic mass is 9.79. The summed E-state index contributed by atoms with van der Waals surface area (Å²) in [5, 5.41) is 10.0. The second kappa shape index (κ2) is 6.47. The zero-order valence-electron chi connectivity index (χ0n) is 15.0. The SMILES string of the molecule is Cc1c[nH]c2ncnc(N3CCC4(CCCN(C(=C=O)CC#N)C4)C3)c12. The van der Waals surface area contributed by atoms with E-state index in [-0.39, 0.29) is 11.8 Å². The predicted molar refractivity (Wildman–Crippen MR) is 98.1 cm³/mol. The smallest absolute Gasteiger partial charge is 0.146 e. The van der Waals surface area contributed by atoms with Gasteiger partial charge in [-0.3, -0.25) is 0 Å². The maximum atomic E-state index is 11.3. The molecule has 2 fully saturated rings. The average molecular weight is 350 g/mol. The number of H-pyrrole nitrogens is 1. The van der Waals surface area contributed by atoms with E-state index in [9.17, 15) is 4.79 Å². The van der Waals surface area contributed by atoms with E-state index in [1.165, 1.54) is 0 Å². The first-order chi connectivity index (χ1) is 12.7. The Kier molecular flexibility index (Phi) is 4.14. The Bertz CT molecular complexity index is 922. The number of nitrogens with one attached hydrogen (secondary N) is 1. The van der Waals surface area contributed by atoms with Gasteiger partial charge in [-0.15, -0.1) is 0 Å². The van der Waals surface area contributed by atoms with Gasteiger partial charge in [-0.25, -0.2) is 14.8 Å². The van der Waals surface area contributed by atoms with Gasteiger partial charge in [0.1, 0.15) is 29.4 Å². The summed E-state index contributed by atoms with van der Waals surface area (Å²) in [4.78, 5) is 27.8. The van der Waals surface area contributed by atoms with Crippen LogP contribution < -0.4 is 4.90 Å². The molecular weight excluding hydrogens is 328 g/mol. The van der Waals surface area contributed by atoms with E-state index in [1.807, 2.05) is 12.1 Å². The van der Waals surface area contributed by atoms with Gasteiger partial charge in [0, 0.05) is 37.8 Å². The summed E-state index contributed by atoms with van der Waals surface area (Å²) in [6.45, 7) is 5.59. The van der Waals surface area contributed by atoms with E-state index in [1.54, 1.807) is 6.33 Å². The number of aromatic amines is 1. The van der Waals surface area contributed by atoms with Crippen LogP contribution in [0.5, 0.6) is 0 Å². The van der Waals surface area contributed by atoms with Crippen molar-refractivity contribution in [2.75, 3.05) is 31.1 Å². The second-order valence-electron chi connectivity index (χ2n) is 7.47. The number of nitriles is 1. The number of aryl methyl sites for hydroxylation is 1. The number of aromatic nitrogens is 3. The first-order valence-electron chi connectivity index (χ1n) is 9.05. The van der Waals surface area contributed by atoms with Crippen LogP contribution in [0.1, 0.15) is 31.2 Å². The monoisotopic (exact) mass is 350 g/mol. The predicted octanol–water partition coefficient (Wildman–Crippen LogP) is 2.19. The molecule has 2 aromatic heterocycles. The quantitative estimate of drug-likeness (QED) is 0.854. The number of rotatable bonds is 3. The van der Waals surface area contributed by atoms with Crippen molar-refractivity contribution in [3.8, 4) is 6.07 Å². The Labute approximate surface area is 152 Å². The highest BCUT2D eigenvalue weighted by Crippen LogP contribution is 2.42. The van der Waals surface area contributed by atoms with E-state index >= 15 is 0 Å². The molecule has 2 aliphatic heterocycles. The molecule has 4 rings (SSSR count). The number of anilines is 1. The number of carbonyl (C=O) groups excluding carboxylic acids is 1. The summed E-state index contributed by atoms with van der Waals surface area (Å²) in [7, 11) is 0. The highest BCUT2D eigenvalue weighted by Gasteiger charge is 2.42. The van der Waals surface area contributed by atoms with Crippen LogP contribution >= 0.6 is 0 Å². The molecule has 0 saturated carbocycles. The van der Waals surface area contributed by atoms with E-state index in [2.05, 4.69) is 37.7 Å². The summed E-state index contributed by atoms with van der Waals surface area (Å²) < 4.78 is 0. The van der Waals surface area contributed by atoms with Gasteiger partial charge >= 0.3 is 0 Å². The number of piperidine rings is 1. The molecule has 7 nitrogen and oxygen atoms in total. The Morgan fingerprint density at radius 2 is 2.23 bits per heavy atom. The fourth-order valence-corrected chi connectivity index (χ4v) is 4.51. The number of likely N-dealkylation sites (tertiary alicyclic amines) is 1. The lowest BCUT2D eigenvalue weighted by Gasteiger charge is -2.41. The maximum absolute atomic E-state index is 11.3. The van der Waals surface area contributed by atoms with Gasteiger partial charge in [0.15, 0.2) is 0 Å². The van der Waals surface area contributed by atoms with E-state index in [4.69, 9.17) is 5.26 Å². The first kappa shape index (κ1) is 16.6. The largest absolute Gasteiger partial charge is 0.364 e. The van der Waals surface area contributed by atoms with Crippen LogP contribution in [0.15, 0.2) is 18.2 Å². The van der Waals surface area contributed by atoms with E-state index in [0.29, 0.717) is 5.70 Å². The molecule has 2 aliphatic rings. The van der Waals surface area contributed by atoms with Gasteiger partial charge in [0.05, 0.1) is 17.9 Å². The van der Waals surface area contributed by atoms with Crippen molar-refractivity contribution in [2.24, 2.45) is 5.41 Å². The molecule has 0 amide bonds. The van der Waals surface area contributed by atoms with Gasteiger partial charge in [-0.2, -0.15) is 5.26 Å². The molecule has 0 bridgehead atoms. The molecule has 1 unspecified atom stereocenters. The third-order valence-corrected chi connectivity index (χ3v) is 5.79. The number of hydrogen-bond donors (Lipinski definition) is 1. The number of fused-ring (bicyclic) bond motifs is 1. The first-order valence-corrected chi connectivity index (χ1v) is 9.05. The van der Waals surface area contributed by atoms with Crippen LogP contribution in [-0.4, -0.2) is 52.0 Å². The maximum Gasteiger partial charge on any atom is 0.146 e. The van der Waals surface area contributed by atoms with Crippen LogP contribution in [0.25, 0.3) is 11.0 Å². The highest BCUT2D eigenvalue weighted by molar-refractivity contribution is 5.90. The molecule has 1 atom stereocenters. The Hall–Kier alpha value is -2.84. The molecule has 0 radical (unpaired) electrons. The summed E-state index contributed by atoms with van der Waals surface area (Å²) >= 11 is 0. The van der Waals surface area contributed by atoms with Crippen molar-refractivity contribution < 1.29 is 4.79 Å². The van der Waals surface area contributed by atoms with Gasteiger partial charge < -0.3 is 14.8 Å². The number of hydrogen-bond acceptors (Lipinski definition) is 6. The minimum Gasteiger partial charge on any atom is -0.364 e. The molecule has 2 saturated heterocycles. The Morgan fingerprint density at radius 1 is 1.35 bits per heavy atom. The molecule has 0 aliphatic carbocycles. The van der Waals surface area contributed by atoms with Crippen molar-refractivity contribution in [1.29, 1.82) is 5.26 Å². The lowest BCUT2D eigenvalue weighted by molar-refractivity contribution is 0.133. The minimum atomic E-state index is 0.136. The van der Waals surface area contributed by atoms with Crippen LogP contribution in [0, 0.1) is 23.7 Å². The summed E-state index contributed by atoms with van der Waals surface area (Å²) in [6, 6.07) is 2.08. The van der Waals surface area contributed by atoms with Crippen LogP contribution in [0.4, 0.5) is 5.82 Å². The van der Waals surface area contributed by atoms with Crippen LogP contribution in [0.2, 0.25) is 0 Å². The van der Waals surface area contributed by atoms with Gasteiger partial charge in [-0.1, -0.05) is 0 Å². The van der Waals surface area contributed by atoms with Crippen molar-refractivity contribution in [2.45, 2.75) is 32.6 Å². The highest BCUT2D eigenvalue weighted by atomic mass is 16.1. The molecule has 26 heavy (non-hydrogen) atoms. The van der Waals surface area contributed by atoms with Crippen molar-refractivity contribution in [1.82, 2.24) is 19.9 Å². The van der Waals surface area contributed by atoms with Gasteiger partial charge in [0.2, 0.25) is 0 Å². The van der Waals surface area contributed by atoms with Crippen molar-refractivity contribution in [3.05, 3.63) is 23.8 Å². The van der Waals surface area contributed by atoms with E-state index < -0.39 is 0 Å². The van der Waals surface area contributed by atoms with Crippen molar-refractivity contribution >= 4 is 22.8 Å². The molecule has 4 heterocycles. The topological polar surface area (TPSA) is 88.9 Å². The standard InChI is InChI=1S/C19H22N6O/c1-14-9-21-17-16(14)18(23-13-22-17)25-8-5-19(12-25)4-2-7-24(11-19)15(10-26)3-6-20/h9,13H,2-5,7-8,11-12H2,1H3,(H,21,22,23). The molecule has 1 N–H and O–H groups in total. The zero-order valence-corrected chi connectivity index (χ0v) is 15.0.